The van der Waals surface area contributed by atoms with Gasteiger partial charge in [-0.3, -0.25) is 0 Å². The van der Waals surface area contributed by atoms with E-state index in [1.807, 2.05) is 0 Å². The highest BCUT2D eigenvalue weighted by Gasteiger charge is 2.31. The molecule has 0 spiro atoms. The van der Waals surface area contributed by atoms with Crippen LogP contribution >= 0.6 is 0 Å². The van der Waals surface area contributed by atoms with E-state index in [4.69, 9.17) is 29.2 Å². The SMILES string of the molecule is COc1cn2c(C(=O)OCC(O)CO)c(C(=O)OCC(O)CO)cc2c(OC)c1C(=O)O. The van der Waals surface area contributed by atoms with Crippen LogP contribution < -0.4 is 9.47 Å². The summed E-state index contributed by atoms with van der Waals surface area (Å²) in [5.74, 6) is -4.02. The number of aliphatic hydroxyl groups is 4. The van der Waals surface area contributed by atoms with Crippen molar-refractivity contribution in [2.45, 2.75) is 12.2 Å². The van der Waals surface area contributed by atoms with Gasteiger partial charge in [0.05, 0.1) is 44.7 Å². The highest BCUT2D eigenvalue weighted by molar-refractivity contribution is 6.06. The number of aromatic nitrogens is 1. The first kappa shape index (κ1) is 24.9. The van der Waals surface area contributed by atoms with Crippen molar-refractivity contribution < 1.29 is 58.9 Å². The monoisotopic (exact) mass is 457 g/mol. The van der Waals surface area contributed by atoms with E-state index in [0.717, 1.165) is 16.7 Å². The molecule has 0 saturated heterocycles. The molecule has 0 aromatic carbocycles. The lowest BCUT2D eigenvalue weighted by Crippen LogP contribution is -2.25. The Morgan fingerprint density at radius 3 is 2.00 bits per heavy atom. The third-order valence-corrected chi connectivity index (χ3v) is 4.28. The Kier molecular flexibility index (Phi) is 8.37. The minimum absolute atomic E-state index is 0.0185. The highest BCUT2D eigenvalue weighted by Crippen LogP contribution is 2.36. The molecule has 13 nitrogen and oxygen atoms in total. The molecule has 0 radical (unpaired) electrons. The summed E-state index contributed by atoms with van der Waals surface area (Å²) in [5.41, 5.74) is -1.18. The molecule has 32 heavy (non-hydrogen) atoms. The topological polar surface area (TPSA) is 194 Å². The summed E-state index contributed by atoms with van der Waals surface area (Å²) in [6.45, 7) is -2.53. The minimum Gasteiger partial charge on any atom is -0.494 e. The van der Waals surface area contributed by atoms with Gasteiger partial charge in [-0.2, -0.15) is 0 Å². The number of aromatic carboxylic acids is 1. The third-order valence-electron chi connectivity index (χ3n) is 4.28. The van der Waals surface area contributed by atoms with Crippen LogP contribution in [0.4, 0.5) is 0 Å². The first-order valence-corrected chi connectivity index (χ1v) is 9.15. The number of aliphatic hydroxyl groups excluding tert-OH is 4. The highest BCUT2D eigenvalue weighted by atomic mass is 16.6. The Bertz CT molecular complexity index is 998. The van der Waals surface area contributed by atoms with Crippen LogP contribution in [0.15, 0.2) is 12.3 Å². The van der Waals surface area contributed by atoms with Gasteiger partial charge in [0.1, 0.15) is 36.7 Å². The summed E-state index contributed by atoms with van der Waals surface area (Å²) in [4.78, 5) is 37.1. The Hall–Kier alpha value is -3.39. The van der Waals surface area contributed by atoms with Crippen molar-refractivity contribution in [2.75, 3.05) is 40.6 Å². The second kappa shape index (κ2) is 10.8. The maximum absolute atomic E-state index is 12.7. The van der Waals surface area contributed by atoms with Crippen LogP contribution in [-0.2, 0) is 9.47 Å². The molecular formula is C19H23NO12. The number of carboxylic acid groups (broad SMARTS) is 1. The Morgan fingerprint density at radius 2 is 1.53 bits per heavy atom. The van der Waals surface area contributed by atoms with Crippen LogP contribution in [-0.4, -0.2) is 101 Å². The van der Waals surface area contributed by atoms with E-state index in [9.17, 15) is 29.7 Å². The van der Waals surface area contributed by atoms with E-state index in [1.54, 1.807) is 0 Å². The molecule has 0 fully saturated rings. The number of methoxy groups -OCH3 is 2. The van der Waals surface area contributed by atoms with Gasteiger partial charge in [0, 0.05) is 0 Å². The number of esters is 2. The van der Waals surface area contributed by atoms with E-state index in [1.165, 1.54) is 14.2 Å². The molecule has 2 aromatic heterocycles. The number of fused-ring (bicyclic) bond motifs is 1. The number of hydrogen-bond acceptors (Lipinski definition) is 11. The molecule has 176 valence electrons. The van der Waals surface area contributed by atoms with Crippen LogP contribution in [0.5, 0.6) is 11.5 Å². The zero-order valence-corrected chi connectivity index (χ0v) is 17.2. The van der Waals surface area contributed by atoms with Gasteiger partial charge in [0.25, 0.3) is 0 Å². The van der Waals surface area contributed by atoms with E-state index < -0.39 is 62.2 Å². The number of carbonyl (C=O) groups excluding carboxylic acids is 2. The van der Waals surface area contributed by atoms with Crippen LogP contribution in [0.25, 0.3) is 5.52 Å². The number of rotatable bonds is 11. The van der Waals surface area contributed by atoms with Gasteiger partial charge < -0.3 is 48.9 Å². The van der Waals surface area contributed by atoms with Crippen molar-refractivity contribution >= 4 is 23.4 Å². The predicted molar refractivity (Wildman–Crippen MR) is 104 cm³/mol. The second-order valence-electron chi connectivity index (χ2n) is 6.44. The summed E-state index contributed by atoms with van der Waals surface area (Å²) in [6, 6.07) is 1.12. The minimum atomic E-state index is -1.40. The Labute approximate surface area is 180 Å². The quantitative estimate of drug-likeness (QED) is 0.250. The molecule has 13 heteroatoms. The average molecular weight is 457 g/mol. The number of carboxylic acids is 1. The Morgan fingerprint density at radius 1 is 0.969 bits per heavy atom. The molecule has 2 unspecified atom stereocenters. The van der Waals surface area contributed by atoms with Crippen LogP contribution in [0.1, 0.15) is 31.2 Å². The summed E-state index contributed by atoms with van der Waals surface area (Å²) >= 11 is 0. The van der Waals surface area contributed by atoms with Gasteiger partial charge in [0.2, 0.25) is 0 Å². The first-order chi connectivity index (χ1) is 15.2. The van der Waals surface area contributed by atoms with Crippen molar-refractivity contribution in [2.24, 2.45) is 0 Å². The van der Waals surface area contributed by atoms with Crippen molar-refractivity contribution in [3.63, 3.8) is 0 Å². The normalized spacial score (nSPS) is 12.8. The lowest BCUT2D eigenvalue weighted by Gasteiger charge is -2.14. The van der Waals surface area contributed by atoms with Crippen molar-refractivity contribution in [1.82, 2.24) is 4.40 Å². The molecule has 0 saturated carbocycles. The standard InChI is InChI=1S/C19H23NO12/c1-29-13-4-20-12(16(30-2)14(13)17(25)26)3-11(18(27)31-7-9(23)5-21)15(20)19(28)32-8-10(24)6-22/h3-4,9-10,21-24H,5-8H2,1-2H3,(H,25,26). The van der Waals surface area contributed by atoms with Gasteiger partial charge >= 0.3 is 17.9 Å². The maximum atomic E-state index is 12.7. The molecular weight excluding hydrogens is 434 g/mol. The van der Waals surface area contributed by atoms with E-state index in [2.05, 4.69) is 0 Å². The van der Waals surface area contributed by atoms with Gasteiger partial charge in [0.15, 0.2) is 11.5 Å². The summed E-state index contributed by atoms with van der Waals surface area (Å²) < 4.78 is 21.2. The summed E-state index contributed by atoms with van der Waals surface area (Å²) in [7, 11) is 2.37. The Balaban J connectivity index is 2.70. The van der Waals surface area contributed by atoms with E-state index in [-0.39, 0.29) is 28.1 Å². The fourth-order valence-corrected chi connectivity index (χ4v) is 2.78. The molecule has 2 heterocycles. The fourth-order valence-electron chi connectivity index (χ4n) is 2.78. The van der Waals surface area contributed by atoms with Crippen LogP contribution in [0.2, 0.25) is 0 Å². The first-order valence-electron chi connectivity index (χ1n) is 9.15. The van der Waals surface area contributed by atoms with Gasteiger partial charge in [-0.15, -0.1) is 0 Å². The zero-order chi connectivity index (χ0) is 24.0. The van der Waals surface area contributed by atoms with Crippen molar-refractivity contribution in [3.05, 3.63) is 29.1 Å². The fraction of sp³-hybridized carbons (Fsp3) is 0.421. The van der Waals surface area contributed by atoms with Gasteiger partial charge in [-0.25, -0.2) is 14.4 Å². The van der Waals surface area contributed by atoms with Gasteiger partial charge in [-0.05, 0) is 6.07 Å². The van der Waals surface area contributed by atoms with E-state index in [0.29, 0.717) is 0 Å². The lowest BCUT2D eigenvalue weighted by atomic mass is 10.2. The molecule has 2 atom stereocenters. The molecule has 0 aliphatic heterocycles. The third kappa shape index (κ3) is 5.08. The molecule has 0 aliphatic carbocycles. The molecule has 2 aromatic rings. The maximum Gasteiger partial charge on any atom is 0.356 e. The molecule has 0 amide bonds. The number of nitrogens with zero attached hydrogens (tertiary/aromatic N) is 1. The largest absolute Gasteiger partial charge is 0.494 e. The molecule has 2 rings (SSSR count). The summed E-state index contributed by atoms with van der Waals surface area (Å²) in [5, 5.41) is 46.2. The van der Waals surface area contributed by atoms with Crippen molar-refractivity contribution in [1.29, 1.82) is 0 Å². The lowest BCUT2D eigenvalue weighted by molar-refractivity contribution is 0.00607. The van der Waals surface area contributed by atoms with E-state index >= 15 is 0 Å². The molecule has 5 N–H and O–H groups in total. The van der Waals surface area contributed by atoms with Crippen molar-refractivity contribution in [3.8, 4) is 11.5 Å². The average Bonchev–Trinajstić information content (AvgIpc) is 3.18. The zero-order valence-electron chi connectivity index (χ0n) is 17.2. The van der Waals surface area contributed by atoms with Gasteiger partial charge in [-0.1, -0.05) is 0 Å². The second-order valence-corrected chi connectivity index (χ2v) is 6.44. The smallest absolute Gasteiger partial charge is 0.356 e. The number of ether oxygens (including phenoxy) is 4. The number of hydrogen-bond donors (Lipinski definition) is 5. The van der Waals surface area contributed by atoms with Crippen LogP contribution in [0, 0.1) is 0 Å². The number of pyridine rings is 1. The summed E-state index contributed by atoms with van der Waals surface area (Å²) in [6.07, 6.45) is -1.61. The molecule has 0 bridgehead atoms. The predicted octanol–water partition coefficient (Wildman–Crippen LogP) is -1.33. The number of carbonyl (C=O) groups is 3. The van der Waals surface area contributed by atoms with Crippen LogP contribution in [0.3, 0.4) is 0 Å². The molecule has 0 aliphatic rings.